The maximum atomic E-state index is 6.21. The second-order valence-electron chi connectivity index (χ2n) is 6.81. The minimum Gasteiger partial charge on any atom is -0.497 e. The Labute approximate surface area is 180 Å². The van der Waals surface area contributed by atoms with E-state index in [1.165, 1.54) is 14.2 Å². The Morgan fingerprint density at radius 2 is 1.45 bits per heavy atom. The van der Waals surface area contributed by atoms with Crippen molar-refractivity contribution in [3.63, 3.8) is 0 Å². The summed E-state index contributed by atoms with van der Waals surface area (Å²) in [5.74, 6) is 1.49. The maximum Gasteiger partial charge on any atom is 0.323 e. The molecule has 2 heterocycles. The van der Waals surface area contributed by atoms with Crippen molar-refractivity contribution in [1.29, 1.82) is 0 Å². The summed E-state index contributed by atoms with van der Waals surface area (Å²) in [5.41, 5.74) is 2.78. The number of para-hydroxylation sites is 1. The van der Waals surface area contributed by atoms with Crippen LogP contribution in [0, 0.1) is 0 Å². The van der Waals surface area contributed by atoms with Crippen LogP contribution in [0.1, 0.15) is 17.4 Å². The number of hydrogen-bond donors (Lipinski definition) is 0. The Kier molecular flexibility index (Phi) is 6.12. The average molecular weight is 417 g/mol. The summed E-state index contributed by atoms with van der Waals surface area (Å²) in [6.07, 6.45) is 0.149. The van der Waals surface area contributed by atoms with Crippen molar-refractivity contribution < 1.29 is 18.9 Å². The molecule has 0 bridgehead atoms. The first-order valence-electron chi connectivity index (χ1n) is 9.81. The van der Waals surface area contributed by atoms with Crippen molar-refractivity contribution >= 4 is 10.9 Å². The third-order valence-electron chi connectivity index (χ3n) is 4.86. The molecule has 0 aliphatic rings. The summed E-state index contributed by atoms with van der Waals surface area (Å²) in [6.45, 7) is 0. The molecule has 2 aromatic heterocycles. The number of ether oxygens (including phenoxy) is 4. The molecule has 0 N–H and O–H groups in total. The number of pyridine rings is 1. The molecular weight excluding hydrogens is 394 g/mol. The van der Waals surface area contributed by atoms with Crippen LogP contribution in [-0.2, 0) is 6.42 Å². The topological polar surface area (TPSA) is 75.6 Å². The lowest BCUT2D eigenvalue weighted by molar-refractivity contribution is 0.182. The molecule has 4 rings (SSSR count). The van der Waals surface area contributed by atoms with Gasteiger partial charge in [0, 0.05) is 17.5 Å². The molecule has 0 saturated heterocycles. The van der Waals surface area contributed by atoms with E-state index in [0.29, 0.717) is 18.2 Å². The zero-order valence-electron chi connectivity index (χ0n) is 17.6. The quantitative estimate of drug-likeness (QED) is 0.420. The number of methoxy groups -OCH3 is 3. The van der Waals surface area contributed by atoms with Crippen molar-refractivity contribution in [2.75, 3.05) is 21.3 Å². The van der Waals surface area contributed by atoms with Gasteiger partial charge in [-0.15, -0.1) is 0 Å². The van der Waals surface area contributed by atoms with Gasteiger partial charge in [-0.2, -0.15) is 9.97 Å². The summed E-state index contributed by atoms with van der Waals surface area (Å²) in [6, 6.07) is 21.6. The highest BCUT2D eigenvalue weighted by Crippen LogP contribution is 2.28. The first-order valence-corrected chi connectivity index (χ1v) is 9.81. The zero-order valence-corrected chi connectivity index (χ0v) is 17.6. The summed E-state index contributed by atoms with van der Waals surface area (Å²) in [4.78, 5) is 13.4. The Morgan fingerprint density at radius 3 is 2.13 bits per heavy atom. The predicted octanol–water partition coefficient (Wildman–Crippen LogP) is 4.41. The number of aromatic nitrogens is 3. The van der Waals surface area contributed by atoms with Crippen LogP contribution >= 0.6 is 0 Å². The smallest absolute Gasteiger partial charge is 0.323 e. The van der Waals surface area contributed by atoms with Gasteiger partial charge in [0.15, 0.2) is 0 Å². The number of nitrogens with zero attached hydrogens (tertiary/aromatic N) is 3. The van der Waals surface area contributed by atoms with Gasteiger partial charge in [-0.3, -0.25) is 4.98 Å². The van der Waals surface area contributed by atoms with E-state index in [0.717, 1.165) is 27.9 Å². The Hall–Kier alpha value is -3.87. The maximum absolute atomic E-state index is 6.21. The van der Waals surface area contributed by atoms with Crippen molar-refractivity contribution in [2.45, 2.75) is 12.5 Å². The first-order chi connectivity index (χ1) is 15.2. The molecule has 4 aromatic rings. The van der Waals surface area contributed by atoms with Crippen LogP contribution in [0.2, 0.25) is 0 Å². The molecule has 7 nitrogen and oxygen atoms in total. The van der Waals surface area contributed by atoms with Gasteiger partial charge in [-0.05, 0) is 29.8 Å². The molecule has 0 radical (unpaired) electrons. The number of benzene rings is 2. The molecule has 31 heavy (non-hydrogen) atoms. The van der Waals surface area contributed by atoms with Crippen LogP contribution in [0.25, 0.3) is 10.9 Å². The monoisotopic (exact) mass is 417 g/mol. The second kappa shape index (κ2) is 9.30. The van der Waals surface area contributed by atoms with Crippen LogP contribution in [0.5, 0.6) is 23.5 Å². The summed E-state index contributed by atoms with van der Waals surface area (Å²) >= 11 is 0. The number of hydrogen-bond acceptors (Lipinski definition) is 7. The summed E-state index contributed by atoms with van der Waals surface area (Å²) in [5, 5.41) is 1.09. The van der Waals surface area contributed by atoms with E-state index in [9.17, 15) is 0 Å². The fourth-order valence-electron chi connectivity index (χ4n) is 3.23. The van der Waals surface area contributed by atoms with Crippen LogP contribution in [0.3, 0.4) is 0 Å². The molecule has 0 aliphatic carbocycles. The molecule has 158 valence electrons. The SMILES string of the molecule is COc1ccc(C(Cc2ccc3ccccc3n2)Oc2nc(OC)cc(OC)n2)cc1. The highest BCUT2D eigenvalue weighted by atomic mass is 16.5. The van der Waals surface area contributed by atoms with Crippen LogP contribution < -0.4 is 18.9 Å². The van der Waals surface area contributed by atoms with E-state index in [2.05, 4.69) is 16.0 Å². The highest BCUT2D eigenvalue weighted by Gasteiger charge is 2.19. The average Bonchev–Trinajstić information content (AvgIpc) is 2.83. The molecule has 0 fully saturated rings. The van der Waals surface area contributed by atoms with Gasteiger partial charge in [0.25, 0.3) is 0 Å². The van der Waals surface area contributed by atoms with E-state index in [-0.39, 0.29) is 12.1 Å². The number of rotatable bonds is 8. The highest BCUT2D eigenvalue weighted by molar-refractivity contribution is 5.78. The van der Waals surface area contributed by atoms with Gasteiger partial charge in [-0.1, -0.05) is 36.4 Å². The summed E-state index contributed by atoms with van der Waals surface area (Å²) < 4.78 is 22.0. The van der Waals surface area contributed by atoms with E-state index in [1.54, 1.807) is 13.2 Å². The van der Waals surface area contributed by atoms with Crippen molar-refractivity contribution in [1.82, 2.24) is 15.0 Å². The fraction of sp³-hybridized carbons (Fsp3) is 0.208. The van der Waals surface area contributed by atoms with Gasteiger partial charge in [0.05, 0.1) is 32.9 Å². The zero-order chi connectivity index (χ0) is 21.6. The molecule has 1 unspecified atom stereocenters. The second-order valence-corrected chi connectivity index (χ2v) is 6.81. The lowest BCUT2D eigenvalue weighted by Crippen LogP contribution is -2.14. The van der Waals surface area contributed by atoms with Gasteiger partial charge in [0.1, 0.15) is 11.9 Å². The normalized spacial score (nSPS) is 11.7. The molecule has 1 atom stereocenters. The molecule has 0 saturated carbocycles. The minimum atomic E-state index is -0.378. The molecule has 0 amide bonds. The third kappa shape index (κ3) is 4.83. The Bertz CT molecular complexity index is 1140. The molecule has 2 aromatic carbocycles. The van der Waals surface area contributed by atoms with Gasteiger partial charge >= 0.3 is 6.01 Å². The lowest BCUT2D eigenvalue weighted by atomic mass is 10.0. The van der Waals surface area contributed by atoms with Gasteiger partial charge < -0.3 is 18.9 Å². The van der Waals surface area contributed by atoms with Crippen LogP contribution in [0.4, 0.5) is 0 Å². The van der Waals surface area contributed by atoms with E-state index in [4.69, 9.17) is 23.9 Å². The molecular formula is C24H23N3O4. The van der Waals surface area contributed by atoms with Crippen LogP contribution in [-0.4, -0.2) is 36.3 Å². The molecule has 0 aliphatic heterocycles. The Balaban J connectivity index is 1.68. The van der Waals surface area contributed by atoms with E-state index < -0.39 is 0 Å². The van der Waals surface area contributed by atoms with Crippen molar-refractivity contribution in [3.05, 3.63) is 78.0 Å². The van der Waals surface area contributed by atoms with Crippen molar-refractivity contribution in [3.8, 4) is 23.5 Å². The van der Waals surface area contributed by atoms with Gasteiger partial charge in [0.2, 0.25) is 11.8 Å². The van der Waals surface area contributed by atoms with Crippen molar-refractivity contribution in [2.24, 2.45) is 0 Å². The van der Waals surface area contributed by atoms with Crippen LogP contribution in [0.15, 0.2) is 66.7 Å². The van der Waals surface area contributed by atoms with E-state index in [1.807, 2.05) is 54.6 Å². The third-order valence-corrected chi connectivity index (χ3v) is 4.86. The van der Waals surface area contributed by atoms with E-state index >= 15 is 0 Å². The minimum absolute atomic E-state index is 0.165. The summed E-state index contributed by atoms with van der Waals surface area (Å²) in [7, 11) is 4.70. The first kappa shape index (κ1) is 20.4. The fourth-order valence-corrected chi connectivity index (χ4v) is 3.23. The largest absolute Gasteiger partial charge is 0.497 e. The number of fused-ring (bicyclic) bond motifs is 1. The van der Waals surface area contributed by atoms with Gasteiger partial charge in [-0.25, -0.2) is 0 Å². The lowest BCUT2D eigenvalue weighted by Gasteiger charge is -2.19. The standard InChI is InChI=1S/C24H23N3O4/c1-28-19-12-9-17(10-13-19)21(31-24-26-22(29-2)15-23(27-24)30-3)14-18-11-8-16-6-4-5-7-20(16)25-18/h4-13,15,21H,14H2,1-3H3. The molecule has 7 heteroatoms. The predicted molar refractivity (Wildman–Crippen MR) is 117 cm³/mol. The molecule has 0 spiro atoms. The Morgan fingerprint density at radius 1 is 0.742 bits per heavy atom.